The monoisotopic (exact) mass is 1330 g/mol. The zero-order valence-corrected chi connectivity index (χ0v) is 67.4. The van der Waals surface area contributed by atoms with E-state index < -0.39 is 0 Å². The van der Waals surface area contributed by atoms with Crippen molar-refractivity contribution in [1.29, 1.82) is 0 Å². The average molecular weight is 1330 g/mol. The second kappa shape index (κ2) is 50.1. The standard InChI is InChI=1S/2C16H14.3C12H12.2C7H9N.2C3H8.5C2H6/c1-11-3-5-13-10-16-8-12(2)4-6-14(16)9-15(13)7-11;1-11-13-7-3-5-9-15(13)12(2)16-10-6-4-8-14(11)16;1-9-3-5-12-8-10(2)4-6-11(12)7-9;1-9-5-3-8-12-10(2)6-4-7-11(9)12;1-9-7-8-10(2)12-6-4-3-5-11(9)12;2*1-6-3-4-7(2)8-5-6;2*1-3-2;5*1-2/h2*3-10H,1-2H3;3*3-8H,1-2H3;2*3-5H,1-2H3;2*3H2,1-2H3;5*1-2H3. The third-order valence-corrected chi connectivity index (χ3v) is 15.6. The Bertz CT molecular complexity index is 4120. The molecule has 2 nitrogen and oxygen atoms in total. The first-order valence-corrected chi connectivity index (χ1v) is 37.2. The fourth-order valence-corrected chi connectivity index (χ4v) is 10.6. The fourth-order valence-electron chi connectivity index (χ4n) is 10.6. The van der Waals surface area contributed by atoms with Gasteiger partial charge in [0.1, 0.15) is 0 Å². The predicted molar refractivity (Wildman–Crippen MR) is 458 cm³/mol. The first-order chi connectivity index (χ1) is 48.2. The number of rotatable bonds is 0. The number of hydrogen-bond acceptors (Lipinski definition) is 2. The molecule has 0 aliphatic heterocycles. The summed E-state index contributed by atoms with van der Waals surface area (Å²) in [6.45, 7) is 58.1. The molecule has 100 heavy (non-hydrogen) atoms. The highest BCUT2D eigenvalue weighted by Crippen LogP contribution is 2.32. The van der Waals surface area contributed by atoms with Crippen LogP contribution in [-0.2, 0) is 0 Å². The second-order valence-corrected chi connectivity index (χ2v) is 24.1. The maximum atomic E-state index is 4.08. The first kappa shape index (κ1) is 88.8. The van der Waals surface area contributed by atoms with Crippen LogP contribution in [0.1, 0.15) is 188 Å². The molecule has 2 heteroatoms. The molecular weight excluding hydrogens is 1210 g/mol. The van der Waals surface area contributed by atoms with E-state index in [1.54, 1.807) is 0 Å². The molecule has 2 heterocycles. The van der Waals surface area contributed by atoms with Gasteiger partial charge in [0.25, 0.3) is 0 Å². The summed E-state index contributed by atoms with van der Waals surface area (Å²) in [6, 6.07) is 82.1. The Morgan fingerprint density at radius 3 is 0.650 bits per heavy atom. The van der Waals surface area contributed by atoms with E-state index in [2.05, 4.69) is 325 Å². The lowest BCUT2D eigenvalue weighted by Crippen LogP contribution is -1.87. The summed E-state index contributed by atoms with van der Waals surface area (Å²) in [5, 5.41) is 19.0. The van der Waals surface area contributed by atoms with Gasteiger partial charge >= 0.3 is 0 Å². The number of aryl methyl sites for hydroxylation is 14. The highest BCUT2D eigenvalue weighted by atomic mass is 14.7. The van der Waals surface area contributed by atoms with Crippen molar-refractivity contribution in [2.24, 2.45) is 0 Å². The van der Waals surface area contributed by atoms with Crippen LogP contribution in [0.4, 0.5) is 0 Å². The Balaban J connectivity index is 0.000000569. The van der Waals surface area contributed by atoms with Gasteiger partial charge in [0, 0.05) is 23.8 Å². The molecule has 12 aromatic carbocycles. The van der Waals surface area contributed by atoms with E-state index in [9.17, 15) is 0 Å². The Morgan fingerprint density at radius 1 is 0.200 bits per heavy atom. The highest BCUT2D eigenvalue weighted by molar-refractivity contribution is 6.05. The maximum Gasteiger partial charge on any atom is 0.0372 e. The molecule has 0 aliphatic rings. The molecule has 0 atom stereocenters. The van der Waals surface area contributed by atoms with E-state index in [0.717, 1.165) is 11.4 Å². The summed E-state index contributed by atoms with van der Waals surface area (Å²) >= 11 is 0. The topological polar surface area (TPSA) is 25.8 Å². The first-order valence-electron chi connectivity index (χ1n) is 37.2. The van der Waals surface area contributed by atoms with Crippen molar-refractivity contribution in [1.82, 2.24) is 9.97 Å². The molecule has 14 rings (SSSR count). The van der Waals surface area contributed by atoms with Crippen LogP contribution in [0.5, 0.6) is 0 Å². The van der Waals surface area contributed by atoms with Gasteiger partial charge in [-0.2, -0.15) is 0 Å². The smallest absolute Gasteiger partial charge is 0.0372 e. The van der Waals surface area contributed by atoms with Gasteiger partial charge in [0.05, 0.1) is 0 Å². The van der Waals surface area contributed by atoms with E-state index >= 15 is 0 Å². The molecule has 0 amide bonds. The summed E-state index contributed by atoms with van der Waals surface area (Å²) in [4.78, 5) is 8.16. The van der Waals surface area contributed by atoms with Crippen LogP contribution in [0.2, 0.25) is 0 Å². The minimum atomic E-state index is 1.08. The highest BCUT2D eigenvalue weighted by Gasteiger charge is 2.07. The molecule has 0 fully saturated rings. The van der Waals surface area contributed by atoms with Gasteiger partial charge in [-0.05, 0) is 241 Å². The molecule has 0 saturated heterocycles. The van der Waals surface area contributed by atoms with Crippen molar-refractivity contribution >= 4 is 75.4 Å². The van der Waals surface area contributed by atoms with E-state index in [-0.39, 0.29) is 0 Å². The molecule has 530 valence electrons. The maximum absolute atomic E-state index is 4.08. The lowest BCUT2D eigenvalue weighted by Gasteiger charge is -2.11. The van der Waals surface area contributed by atoms with Gasteiger partial charge in [-0.1, -0.05) is 338 Å². The normalized spacial score (nSPS) is 9.48. The lowest BCUT2D eigenvalue weighted by molar-refractivity contribution is 1.09. The molecule has 0 N–H and O–H groups in total. The minimum absolute atomic E-state index is 1.08. The third kappa shape index (κ3) is 29.3. The van der Waals surface area contributed by atoms with Crippen molar-refractivity contribution < 1.29 is 0 Å². The molecule has 2 aromatic heterocycles. The number of nitrogens with zero attached hydrogens (tertiary/aromatic N) is 2. The van der Waals surface area contributed by atoms with Crippen LogP contribution in [0.15, 0.2) is 243 Å². The van der Waals surface area contributed by atoms with Gasteiger partial charge < -0.3 is 0 Å². The Kier molecular flexibility index (Phi) is 44.5. The Morgan fingerprint density at radius 2 is 0.410 bits per heavy atom. The number of aromatic nitrogens is 2. The SMILES string of the molecule is CC.CC.CC.CC.CC.CCC.CCC.Cc1c2ccccc2c(C)c2ccccc12.Cc1ccc(C)c2ccccc12.Cc1ccc(C)nc1.Cc1ccc(C)nc1.Cc1ccc2cc(C)ccc2c1.Cc1ccc2cc3cc(C)ccc3cc2c1.Cc1cccc2c(C)cccc12. The van der Waals surface area contributed by atoms with E-state index in [1.165, 1.54) is 155 Å². The van der Waals surface area contributed by atoms with Crippen LogP contribution in [0.3, 0.4) is 0 Å². The number of hydrogen-bond donors (Lipinski definition) is 0. The molecular formula is C98H128N2. The largest absolute Gasteiger partial charge is 0.261 e. The van der Waals surface area contributed by atoms with Crippen LogP contribution in [-0.4, -0.2) is 9.97 Å². The molecule has 0 saturated carbocycles. The molecule has 0 bridgehead atoms. The number of benzene rings is 12. The Labute approximate surface area is 609 Å². The Hall–Kier alpha value is -9.24. The summed E-state index contributed by atoms with van der Waals surface area (Å²) in [5.41, 5.74) is 18.1. The average Bonchev–Trinajstić information content (AvgIpc) is 0.775. The molecule has 0 radical (unpaired) electrons. The van der Waals surface area contributed by atoms with Gasteiger partial charge in [-0.3, -0.25) is 9.97 Å². The fraction of sp³-hybridized carbons (Fsp3) is 0.306. The van der Waals surface area contributed by atoms with Crippen molar-refractivity contribution in [2.45, 2.75) is 207 Å². The van der Waals surface area contributed by atoms with Crippen LogP contribution >= 0.6 is 0 Å². The van der Waals surface area contributed by atoms with E-state index in [1.807, 2.05) is 121 Å². The minimum Gasteiger partial charge on any atom is -0.261 e. The molecule has 0 unspecified atom stereocenters. The van der Waals surface area contributed by atoms with Crippen molar-refractivity contribution in [3.05, 3.63) is 321 Å². The molecule has 0 aliphatic carbocycles. The van der Waals surface area contributed by atoms with Gasteiger partial charge in [-0.25, -0.2) is 0 Å². The third-order valence-electron chi connectivity index (χ3n) is 15.6. The zero-order valence-electron chi connectivity index (χ0n) is 67.4. The number of fused-ring (bicyclic) bond motifs is 7. The summed E-state index contributed by atoms with van der Waals surface area (Å²) in [7, 11) is 0. The second-order valence-electron chi connectivity index (χ2n) is 24.1. The van der Waals surface area contributed by atoms with Crippen molar-refractivity contribution in [3.63, 3.8) is 0 Å². The van der Waals surface area contributed by atoms with E-state index in [0.29, 0.717) is 0 Å². The van der Waals surface area contributed by atoms with Crippen LogP contribution < -0.4 is 0 Å². The summed E-state index contributed by atoms with van der Waals surface area (Å²) in [5.74, 6) is 0. The van der Waals surface area contributed by atoms with Gasteiger partial charge in [0.2, 0.25) is 0 Å². The molecule has 0 spiro atoms. The lowest BCUT2D eigenvalue weighted by atomic mass is 9.93. The number of pyridine rings is 2. The van der Waals surface area contributed by atoms with E-state index in [4.69, 9.17) is 0 Å². The van der Waals surface area contributed by atoms with Gasteiger partial charge in [0.15, 0.2) is 0 Å². The predicted octanol–water partition coefficient (Wildman–Crippen LogP) is 31.0. The summed E-state index contributed by atoms with van der Waals surface area (Å²) < 4.78 is 0. The zero-order chi connectivity index (χ0) is 75.3. The van der Waals surface area contributed by atoms with Crippen LogP contribution in [0.25, 0.3) is 75.4 Å². The van der Waals surface area contributed by atoms with Gasteiger partial charge in [-0.15, -0.1) is 0 Å². The van der Waals surface area contributed by atoms with Crippen LogP contribution in [0, 0.1) is 96.9 Å². The molecule has 14 aromatic rings. The van der Waals surface area contributed by atoms with Crippen molar-refractivity contribution in [3.8, 4) is 0 Å². The summed E-state index contributed by atoms with van der Waals surface area (Å²) in [6.07, 6.45) is 6.24. The van der Waals surface area contributed by atoms with Crippen molar-refractivity contribution in [2.75, 3.05) is 0 Å². The quantitative estimate of drug-likeness (QED) is 0.141.